The number of nitrogens with zero attached hydrogens (tertiary/aromatic N) is 1. The first-order valence-electron chi connectivity index (χ1n) is 8.38. The van der Waals surface area contributed by atoms with Gasteiger partial charge in [0.25, 0.3) is 5.91 Å². The van der Waals surface area contributed by atoms with Crippen molar-refractivity contribution in [2.45, 2.75) is 40.7 Å². The van der Waals surface area contributed by atoms with E-state index in [0.29, 0.717) is 41.0 Å². The summed E-state index contributed by atoms with van der Waals surface area (Å²) in [4.78, 5) is 12.5. The molecule has 0 aliphatic heterocycles. The van der Waals surface area contributed by atoms with E-state index in [9.17, 15) is 4.79 Å². The highest BCUT2D eigenvalue weighted by molar-refractivity contribution is 5.96. The maximum atomic E-state index is 12.5. The van der Waals surface area contributed by atoms with Crippen LogP contribution in [0.15, 0.2) is 22.7 Å². The molecular formula is C19H26N2O4. The minimum atomic E-state index is -0.206. The number of rotatable bonds is 7. The number of aromatic nitrogens is 1. The summed E-state index contributed by atoms with van der Waals surface area (Å²) in [6.45, 7) is 10.2. The third kappa shape index (κ3) is 4.53. The number of methoxy groups -OCH3 is 1. The van der Waals surface area contributed by atoms with Crippen LogP contribution in [0.3, 0.4) is 0 Å². The standard InChI is InChI=1S/C19H26N2O4/c1-11(2)10-24-16-8-7-15(9-17(16)23-6)12(3)20-19(22)18-13(4)21-25-14(18)5/h7-9,11-12H,10H2,1-6H3,(H,20,22)/t12-/m1/s1. The summed E-state index contributed by atoms with van der Waals surface area (Å²) >= 11 is 0. The number of nitrogens with one attached hydrogen (secondary N) is 1. The molecule has 2 rings (SSSR count). The third-order valence-corrected chi connectivity index (χ3v) is 3.87. The Kier molecular flexibility index (Phi) is 6.07. The Labute approximate surface area is 148 Å². The molecule has 0 aliphatic carbocycles. The summed E-state index contributed by atoms with van der Waals surface area (Å²) in [6.07, 6.45) is 0. The number of aryl methyl sites for hydroxylation is 2. The summed E-state index contributed by atoms with van der Waals surface area (Å²) in [7, 11) is 1.61. The zero-order chi connectivity index (χ0) is 18.6. The minimum absolute atomic E-state index is 0.200. The van der Waals surface area contributed by atoms with Gasteiger partial charge in [-0.3, -0.25) is 4.79 Å². The van der Waals surface area contributed by atoms with Crippen LogP contribution in [0, 0.1) is 19.8 Å². The highest BCUT2D eigenvalue weighted by Crippen LogP contribution is 2.31. The number of amides is 1. The lowest BCUT2D eigenvalue weighted by atomic mass is 10.1. The topological polar surface area (TPSA) is 73.6 Å². The van der Waals surface area contributed by atoms with Gasteiger partial charge in [-0.25, -0.2) is 0 Å². The molecule has 0 aliphatic rings. The summed E-state index contributed by atoms with van der Waals surface area (Å²) in [5.41, 5.74) is 1.99. The lowest BCUT2D eigenvalue weighted by Gasteiger charge is -2.17. The Morgan fingerprint density at radius 1 is 1.24 bits per heavy atom. The number of hydrogen-bond donors (Lipinski definition) is 1. The Hall–Kier alpha value is -2.50. The van der Waals surface area contributed by atoms with Crippen LogP contribution < -0.4 is 14.8 Å². The van der Waals surface area contributed by atoms with Gasteiger partial charge in [0.2, 0.25) is 0 Å². The summed E-state index contributed by atoms with van der Waals surface area (Å²) in [6, 6.07) is 5.48. The molecule has 6 heteroatoms. The molecule has 1 aromatic heterocycles. The molecule has 1 heterocycles. The molecule has 0 saturated carbocycles. The fourth-order valence-electron chi connectivity index (χ4n) is 2.49. The van der Waals surface area contributed by atoms with Crippen LogP contribution in [0.2, 0.25) is 0 Å². The van der Waals surface area contributed by atoms with E-state index in [4.69, 9.17) is 14.0 Å². The van der Waals surface area contributed by atoms with Crippen molar-refractivity contribution in [2.24, 2.45) is 5.92 Å². The van der Waals surface area contributed by atoms with E-state index < -0.39 is 0 Å². The van der Waals surface area contributed by atoms with Crippen molar-refractivity contribution in [1.82, 2.24) is 10.5 Å². The molecule has 0 saturated heterocycles. The van der Waals surface area contributed by atoms with Gasteiger partial charge in [-0.2, -0.15) is 0 Å². The predicted octanol–water partition coefficient (Wildman–Crippen LogP) is 3.83. The predicted molar refractivity (Wildman–Crippen MR) is 95.2 cm³/mol. The van der Waals surface area contributed by atoms with E-state index in [1.54, 1.807) is 21.0 Å². The second kappa shape index (κ2) is 8.05. The Balaban J connectivity index is 2.13. The number of benzene rings is 1. The number of ether oxygens (including phenoxy) is 2. The van der Waals surface area contributed by atoms with Crippen LogP contribution in [-0.4, -0.2) is 24.8 Å². The molecule has 0 radical (unpaired) electrons. The molecule has 1 N–H and O–H groups in total. The molecule has 0 fully saturated rings. The first kappa shape index (κ1) is 18.8. The highest BCUT2D eigenvalue weighted by Gasteiger charge is 2.20. The van der Waals surface area contributed by atoms with Crippen LogP contribution >= 0.6 is 0 Å². The highest BCUT2D eigenvalue weighted by atomic mass is 16.5. The maximum Gasteiger partial charge on any atom is 0.257 e. The number of hydrogen-bond acceptors (Lipinski definition) is 5. The van der Waals surface area contributed by atoms with Crippen molar-refractivity contribution in [2.75, 3.05) is 13.7 Å². The van der Waals surface area contributed by atoms with Gasteiger partial charge in [0.05, 0.1) is 25.5 Å². The third-order valence-electron chi connectivity index (χ3n) is 3.87. The summed E-state index contributed by atoms with van der Waals surface area (Å²) in [5, 5.41) is 6.78. The summed E-state index contributed by atoms with van der Waals surface area (Å²) < 4.78 is 16.2. The van der Waals surface area contributed by atoms with Crippen molar-refractivity contribution < 1.29 is 18.8 Å². The van der Waals surface area contributed by atoms with Gasteiger partial charge in [0.1, 0.15) is 11.3 Å². The molecule has 0 bridgehead atoms. The molecular weight excluding hydrogens is 320 g/mol. The SMILES string of the molecule is COc1cc([C@@H](C)NC(=O)c2c(C)noc2C)ccc1OCC(C)C. The fourth-order valence-corrected chi connectivity index (χ4v) is 2.49. The molecule has 0 spiro atoms. The van der Waals surface area contributed by atoms with Gasteiger partial charge in [-0.15, -0.1) is 0 Å². The van der Waals surface area contributed by atoms with E-state index in [1.807, 2.05) is 25.1 Å². The van der Waals surface area contributed by atoms with Gasteiger partial charge in [-0.1, -0.05) is 25.1 Å². The van der Waals surface area contributed by atoms with Crippen LogP contribution in [-0.2, 0) is 0 Å². The van der Waals surface area contributed by atoms with E-state index in [1.165, 1.54) is 0 Å². The van der Waals surface area contributed by atoms with E-state index >= 15 is 0 Å². The Morgan fingerprint density at radius 2 is 1.96 bits per heavy atom. The van der Waals surface area contributed by atoms with Crippen molar-refractivity contribution in [3.63, 3.8) is 0 Å². The zero-order valence-corrected chi connectivity index (χ0v) is 15.7. The van der Waals surface area contributed by atoms with Gasteiger partial charge in [-0.05, 0) is 44.4 Å². The molecule has 1 aromatic carbocycles. The largest absolute Gasteiger partial charge is 0.493 e. The van der Waals surface area contributed by atoms with Gasteiger partial charge in [0.15, 0.2) is 11.5 Å². The normalized spacial score (nSPS) is 12.1. The second-order valence-electron chi connectivity index (χ2n) is 6.51. The van der Waals surface area contributed by atoms with Crippen LogP contribution in [0.25, 0.3) is 0 Å². The lowest BCUT2D eigenvalue weighted by molar-refractivity contribution is 0.0937. The average molecular weight is 346 g/mol. The second-order valence-corrected chi connectivity index (χ2v) is 6.51. The fraction of sp³-hybridized carbons (Fsp3) is 0.474. The maximum absolute atomic E-state index is 12.5. The van der Waals surface area contributed by atoms with Crippen LogP contribution in [0.5, 0.6) is 11.5 Å². The first-order valence-corrected chi connectivity index (χ1v) is 8.38. The first-order chi connectivity index (χ1) is 11.8. The quantitative estimate of drug-likeness (QED) is 0.825. The van der Waals surface area contributed by atoms with E-state index in [-0.39, 0.29) is 11.9 Å². The zero-order valence-electron chi connectivity index (χ0n) is 15.7. The van der Waals surface area contributed by atoms with Crippen molar-refractivity contribution >= 4 is 5.91 Å². The minimum Gasteiger partial charge on any atom is -0.493 e. The van der Waals surface area contributed by atoms with Crippen molar-refractivity contribution in [3.8, 4) is 11.5 Å². The van der Waals surface area contributed by atoms with Gasteiger partial charge in [0, 0.05) is 0 Å². The molecule has 2 aromatic rings. The average Bonchev–Trinajstić information content (AvgIpc) is 2.91. The number of carbonyl (C=O) groups excluding carboxylic acids is 1. The smallest absolute Gasteiger partial charge is 0.257 e. The molecule has 1 amide bonds. The number of carbonyl (C=O) groups is 1. The van der Waals surface area contributed by atoms with E-state index in [0.717, 1.165) is 5.56 Å². The molecule has 1 atom stereocenters. The molecule has 25 heavy (non-hydrogen) atoms. The Bertz CT molecular complexity index is 718. The Morgan fingerprint density at radius 3 is 2.52 bits per heavy atom. The summed E-state index contributed by atoms with van der Waals surface area (Å²) in [5.74, 6) is 2.08. The molecule has 6 nitrogen and oxygen atoms in total. The molecule has 0 unspecified atom stereocenters. The van der Waals surface area contributed by atoms with Crippen molar-refractivity contribution in [3.05, 3.63) is 40.8 Å². The van der Waals surface area contributed by atoms with Gasteiger partial charge < -0.3 is 19.3 Å². The lowest BCUT2D eigenvalue weighted by Crippen LogP contribution is -2.27. The van der Waals surface area contributed by atoms with Gasteiger partial charge >= 0.3 is 0 Å². The van der Waals surface area contributed by atoms with Crippen molar-refractivity contribution in [1.29, 1.82) is 0 Å². The van der Waals surface area contributed by atoms with E-state index in [2.05, 4.69) is 24.3 Å². The molecule has 136 valence electrons. The van der Waals surface area contributed by atoms with Crippen LogP contribution in [0.4, 0.5) is 0 Å². The van der Waals surface area contributed by atoms with Crippen LogP contribution in [0.1, 0.15) is 54.2 Å². The monoisotopic (exact) mass is 346 g/mol.